The van der Waals surface area contributed by atoms with E-state index in [1.54, 1.807) is 12.1 Å². The third-order valence-electron chi connectivity index (χ3n) is 3.86. The molecule has 1 amide bonds. The number of hydrogen-bond donors (Lipinski definition) is 1. The van der Waals surface area contributed by atoms with Gasteiger partial charge in [0.15, 0.2) is 0 Å². The lowest BCUT2D eigenvalue weighted by atomic mass is 10.1. The fourth-order valence-corrected chi connectivity index (χ4v) is 2.75. The molecule has 110 valence electrons. The van der Waals surface area contributed by atoms with Crippen LogP contribution in [0.1, 0.15) is 10.4 Å². The molecule has 0 aliphatic heterocycles. The fraction of sp³-hybridized carbons (Fsp3) is 0. The van der Waals surface area contributed by atoms with Crippen molar-refractivity contribution in [3.8, 4) is 0 Å². The number of hydrogen-bond acceptors (Lipinski definition) is 2. The minimum Gasteiger partial charge on any atom is -0.321 e. The van der Waals surface area contributed by atoms with Crippen LogP contribution in [0.3, 0.4) is 0 Å². The lowest BCUT2D eigenvalue weighted by Crippen LogP contribution is -2.12. The number of aromatic nitrogens is 1. The third-order valence-corrected chi connectivity index (χ3v) is 3.86. The summed E-state index contributed by atoms with van der Waals surface area (Å²) in [6.45, 7) is 0. The highest BCUT2D eigenvalue weighted by molar-refractivity contribution is 6.16. The summed E-state index contributed by atoms with van der Waals surface area (Å²) in [4.78, 5) is 17.2. The van der Waals surface area contributed by atoms with Gasteiger partial charge in [-0.2, -0.15) is 0 Å². The molecule has 0 unspecified atom stereocenters. The number of carbonyl (C=O) groups is 1. The van der Waals surface area contributed by atoms with Crippen molar-refractivity contribution >= 4 is 33.4 Å². The van der Waals surface area contributed by atoms with Gasteiger partial charge in [-0.25, -0.2) is 4.98 Å². The van der Waals surface area contributed by atoms with Crippen LogP contribution >= 0.6 is 0 Å². The Labute approximate surface area is 133 Å². The first-order chi connectivity index (χ1) is 11.3. The summed E-state index contributed by atoms with van der Waals surface area (Å²) in [5.41, 5.74) is 3.18. The summed E-state index contributed by atoms with van der Waals surface area (Å²) in [7, 11) is 0. The van der Waals surface area contributed by atoms with Crippen molar-refractivity contribution in [3.63, 3.8) is 0 Å². The number of anilines is 1. The molecule has 1 heterocycles. The van der Waals surface area contributed by atoms with Crippen LogP contribution in [0, 0.1) is 0 Å². The number of amides is 1. The van der Waals surface area contributed by atoms with Gasteiger partial charge in [-0.05, 0) is 24.3 Å². The Hall–Kier alpha value is -3.20. The summed E-state index contributed by atoms with van der Waals surface area (Å²) in [5.74, 6) is -0.118. The molecule has 1 aromatic heterocycles. The predicted octanol–water partition coefficient (Wildman–Crippen LogP) is 4.64. The maximum atomic E-state index is 12.6. The molecule has 0 aliphatic carbocycles. The van der Waals surface area contributed by atoms with E-state index < -0.39 is 0 Å². The molecule has 0 fully saturated rings. The molecule has 3 heteroatoms. The standard InChI is InChI=1S/C20H14N2O/c23-20(14-8-2-1-3-9-14)22-19-15-10-4-6-12-17(15)21-18-13-7-5-11-16(18)19/h1-13H,(H,21,22,23). The van der Waals surface area contributed by atoms with E-state index >= 15 is 0 Å². The van der Waals surface area contributed by atoms with Crippen LogP contribution in [-0.2, 0) is 0 Å². The minimum atomic E-state index is -0.118. The highest BCUT2D eigenvalue weighted by atomic mass is 16.1. The van der Waals surface area contributed by atoms with Gasteiger partial charge in [-0.1, -0.05) is 54.6 Å². The lowest BCUT2D eigenvalue weighted by molar-refractivity contribution is 0.102. The number of nitrogens with one attached hydrogen (secondary N) is 1. The van der Waals surface area contributed by atoms with E-state index in [1.165, 1.54) is 0 Å². The largest absolute Gasteiger partial charge is 0.321 e. The normalized spacial score (nSPS) is 10.8. The molecular weight excluding hydrogens is 284 g/mol. The smallest absolute Gasteiger partial charge is 0.255 e. The molecule has 0 atom stereocenters. The topological polar surface area (TPSA) is 42.0 Å². The van der Waals surface area contributed by atoms with E-state index in [1.807, 2.05) is 66.7 Å². The van der Waals surface area contributed by atoms with Gasteiger partial charge in [-0.3, -0.25) is 4.79 Å². The van der Waals surface area contributed by atoms with E-state index in [9.17, 15) is 4.79 Å². The first-order valence-electron chi connectivity index (χ1n) is 7.47. The molecule has 0 aliphatic rings. The summed E-state index contributed by atoms with van der Waals surface area (Å²) < 4.78 is 0. The van der Waals surface area contributed by atoms with E-state index in [-0.39, 0.29) is 5.91 Å². The van der Waals surface area contributed by atoms with E-state index in [4.69, 9.17) is 0 Å². The molecule has 23 heavy (non-hydrogen) atoms. The van der Waals surface area contributed by atoms with Crippen molar-refractivity contribution in [3.05, 3.63) is 84.4 Å². The average molecular weight is 298 g/mol. The van der Waals surface area contributed by atoms with Crippen molar-refractivity contribution in [2.75, 3.05) is 5.32 Å². The second-order valence-corrected chi connectivity index (χ2v) is 5.34. The Morgan fingerprint density at radius 1 is 0.696 bits per heavy atom. The number of fused-ring (bicyclic) bond motifs is 2. The Morgan fingerprint density at radius 2 is 1.22 bits per heavy atom. The van der Waals surface area contributed by atoms with Crippen molar-refractivity contribution < 1.29 is 4.79 Å². The first-order valence-corrected chi connectivity index (χ1v) is 7.47. The minimum absolute atomic E-state index is 0.118. The van der Waals surface area contributed by atoms with Crippen molar-refractivity contribution in [2.24, 2.45) is 0 Å². The van der Waals surface area contributed by atoms with Gasteiger partial charge in [0.2, 0.25) is 0 Å². The van der Waals surface area contributed by atoms with Crippen LogP contribution in [-0.4, -0.2) is 10.9 Å². The maximum Gasteiger partial charge on any atom is 0.255 e. The Bertz CT molecular complexity index is 956. The van der Waals surface area contributed by atoms with Crippen LogP contribution in [0.25, 0.3) is 21.8 Å². The zero-order valence-corrected chi connectivity index (χ0v) is 12.4. The number of nitrogens with zero attached hydrogens (tertiary/aromatic N) is 1. The van der Waals surface area contributed by atoms with Crippen molar-refractivity contribution in [2.45, 2.75) is 0 Å². The highest BCUT2D eigenvalue weighted by Gasteiger charge is 2.12. The molecule has 0 saturated carbocycles. The fourth-order valence-electron chi connectivity index (χ4n) is 2.75. The van der Waals surface area contributed by atoms with Gasteiger partial charge in [0.1, 0.15) is 0 Å². The predicted molar refractivity (Wildman–Crippen MR) is 93.6 cm³/mol. The van der Waals surface area contributed by atoms with Gasteiger partial charge in [0, 0.05) is 16.3 Å². The molecular formula is C20H14N2O. The highest BCUT2D eigenvalue weighted by Crippen LogP contribution is 2.30. The van der Waals surface area contributed by atoms with Gasteiger partial charge in [0.05, 0.1) is 16.7 Å². The summed E-state index contributed by atoms with van der Waals surface area (Å²) in [6, 6.07) is 24.9. The maximum absolute atomic E-state index is 12.6. The number of para-hydroxylation sites is 2. The third kappa shape index (κ3) is 2.42. The van der Waals surface area contributed by atoms with E-state index in [2.05, 4.69) is 10.3 Å². The molecule has 1 N–H and O–H groups in total. The first kappa shape index (κ1) is 13.5. The van der Waals surface area contributed by atoms with Gasteiger partial charge in [0.25, 0.3) is 5.91 Å². The molecule has 0 saturated heterocycles. The van der Waals surface area contributed by atoms with Crippen LogP contribution < -0.4 is 5.32 Å². The van der Waals surface area contributed by atoms with E-state index in [0.29, 0.717) is 5.56 Å². The van der Waals surface area contributed by atoms with Gasteiger partial charge < -0.3 is 5.32 Å². The molecule has 3 nitrogen and oxygen atoms in total. The van der Waals surface area contributed by atoms with Crippen molar-refractivity contribution in [1.29, 1.82) is 0 Å². The zero-order chi connectivity index (χ0) is 15.6. The Balaban J connectivity index is 1.91. The number of rotatable bonds is 2. The Kier molecular flexibility index (Phi) is 3.24. The molecule has 0 spiro atoms. The van der Waals surface area contributed by atoms with Gasteiger partial charge in [-0.15, -0.1) is 0 Å². The van der Waals surface area contributed by atoms with Crippen LogP contribution in [0.4, 0.5) is 5.69 Å². The average Bonchev–Trinajstić information content (AvgIpc) is 2.62. The summed E-state index contributed by atoms with van der Waals surface area (Å²) in [5, 5.41) is 4.95. The summed E-state index contributed by atoms with van der Waals surface area (Å²) in [6.07, 6.45) is 0. The quantitative estimate of drug-likeness (QED) is 0.548. The summed E-state index contributed by atoms with van der Waals surface area (Å²) >= 11 is 0. The number of benzene rings is 3. The van der Waals surface area contributed by atoms with Crippen LogP contribution in [0.2, 0.25) is 0 Å². The van der Waals surface area contributed by atoms with Crippen LogP contribution in [0.15, 0.2) is 78.9 Å². The molecule has 3 aromatic carbocycles. The second-order valence-electron chi connectivity index (χ2n) is 5.34. The molecule has 4 rings (SSSR count). The lowest BCUT2D eigenvalue weighted by Gasteiger charge is -2.12. The van der Waals surface area contributed by atoms with Gasteiger partial charge >= 0.3 is 0 Å². The van der Waals surface area contributed by atoms with Crippen LogP contribution in [0.5, 0.6) is 0 Å². The molecule has 0 radical (unpaired) electrons. The number of pyridine rings is 1. The van der Waals surface area contributed by atoms with Crippen molar-refractivity contribution in [1.82, 2.24) is 4.98 Å². The SMILES string of the molecule is O=C(Nc1c2ccccc2nc2ccccc12)c1ccccc1. The second kappa shape index (κ2) is 5.54. The zero-order valence-electron chi connectivity index (χ0n) is 12.4. The number of carbonyl (C=O) groups excluding carboxylic acids is 1. The van der Waals surface area contributed by atoms with E-state index in [0.717, 1.165) is 27.5 Å². The molecule has 0 bridgehead atoms. The monoisotopic (exact) mass is 298 g/mol. The Morgan fingerprint density at radius 3 is 1.83 bits per heavy atom. The molecule has 4 aromatic rings.